The van der Waals surface area contributed by atoms with Crippen molar-refractivity contribution in [2.75, 3.05) is 24.7 Å². The van der Waals surface area contributed by atoms with E-state index in [1.807, 2.05) is 13.8 Å². The number of piperidine rings is 1. The molecule has 4 rings (SSSR count). The van der Waals surface area contributed by atoms with Crippen LogP contribution in [0.5, 0.6) is 0 Å². The van der Waals surface area contributed by atoms with E-state index in [1.54, 1.807) is 17.6 Å². The van der Waals surface area contributed by atoms with Gasteiger partial charge in [0.05, 0.1) is 40.8 Å². The number of benzene rings is 1. The van der Waals surface area contributed by atoms with Crippen LogP contribution < -0.4 is 5.32 Å². The van der Waals surface area contributed by atoms with Crippen molar-refractivity contribution in [3.8, 4) is 11.3 Å². The fourth-order valence-electron chi connectivity index (χ4n) is 4.32. The van der Waals surface area contributed by atoms with Gasteiger partial charge >= 0.3 is 0 Å². The quantitative estimate of drug-likeness (QED) is 0.446. The van der Waals surface area contributed by atoms with Crippen LogP contribution in [0.25, 0.3) is 22.3 Å². The number of imidazole rings is 1. The van der Waals surface area contributed by atoms with Gasteiger partial charge in [0.2, 0.25) is 16.0 Å². The number of aliphatic hydroxyl groups excluding tert-OH is 2. The molecule has 1 aliphatic rings. The largest absolute Gasteiger partial charge is 0.390 e. The summed E-state index contributed by atoms with van der Waals surface area (Å²) in [5.41, 5.74) is 1.32. The lowest BCUT2D eigenvalue weighted by atomic mass is 10.0. The molecule has 0 spiro atoms. The number of hydrogen-bond donors (Lipinski definition) is 3. The van der Waals surface area contributed by atoms with Gasteiger partial charge in [0.15, 0.2) is 5.82 Å². The van der Waals surface area contributed by atoms with Crippen molar-refractivity contribution in [3.05, 3.63) is 35.0 Å². The monoisotopic (exact) mass is 526 g/mol. The number of aliphatic hydroxyl groups is 2. The van der Waals surface area contributed by atoms with E-state index in [0.717, 1.165) is 6.26 Å². The van der Waals surface area contributed by atoms with Crippen LogP contribution in [0.1, 0.15) is 45.2 Å². The van der Waals surface area contributed by atoms with Crippen LogP contribution in [0.15, 0.2) is 18.3 Å². The molecule has 1 aromatic carbocycles. The SMILES string of the molecule is CC(O)c1nc2c(F)cc(-c3nc(N[C@@H]4CCN(S(C)(=O)=O)C[C@@H]4O)ncc3Cl)cc2n1C(C)C. The van der Waals surface area contributed by atoms with Crippen LogP contribution >= 0.6 is 11.6 Å². The molecule has 3 atom stereocenters. The van der Waals surface area contributed by atoms with Gasteiger partial charge in [-0.05, 0) is 39.3 Å². The molecule has 190 valence electrons. The van der Waals surface area contributed by atoms with Crippen molar-refractivity contribution in [2.24, 2.45) is 0 Å². The Morgan fingerprint density at radius 2 is 1.97 bits per heavy atom. The number of halogens is 2. The van der Waals surface area contributed by atoms with Crippen LogP contribution in [-0.2, 0) is 10.0 Å². The number of β-amino-alcohol motifs (C(OH)–C–C–N with tert-alkyl or cyclic N) is 1. The third-order valence-corrected chi connectivity index (χ3v) is 7.56. The molecule has 13 heteroatoms. The van der Waals surface area contributed by atoms with Gasteiger partial charge in [-0.1, -0.05) is 11.6 Å². The highest BCUT2D eigenvalue weighted by Crippen LogP contribution is 2.33. The zero-order valence-electron chi connectivity index (χ0n) is 19.8. The summed E-state index contributed by atoms with van der Waals surface area (Å²) in [6, 6.07) is 2.44. The molecule has 2 aromatic heterocycles. The van der Waals surface area contributed by atoms with E-state index < -0.39 is 34.1 Å². The molecule has 0 amide bonds. The molecule has 1 saturated heterocycles. The summed E-state index contributed by atoms with van der Waals surface area (Å²) in [7, 11) is -3.40. The zero-order chi connectivity index (χ0) is 25.7. The van der Waals surface area contributed by atoms with Crippen LogP contribution in [-0.4, -0.2) is 73.9 Å². The fraction of sp³-hybridized carbons (Fsp3) is 0.500. The Balaban J connectivity index is 1.69. The molecule has 3 heterocycles. The summed E-state index contributed by atoms with van der Waals surface area (Å²) in [4.78, 5) is 12.9. The van der Waals surface area contributed by atoms with Gasteiger partial charge in [-0.2, -0.15) is 4.31 Å². The minimum absolute atomic E-state index is 0.0381. The van der Waals surface area contributed by atoms with E-state index in [0.29, 0.717) is 23.3 Å². The van der Waals surface area contributed by atoms with Gasteiger partial charge in [-0.25, -0.2) is 27.8 Å². The van der Waals surface area contributed by atoms with Crippen LogP contribution in [0.2, 0.25) is 5.02 Å². The van der Waals surface area contributed by atoms with Gasteiger partial charge < -0.3 is 20.1 Å². The summed E-state index contributed by atoms with van der Waals surface area (Å²) in [6.07, 6.45) is 0.993. The molecule has 1 aliphatic heterocycles. The molecule has 0 saturated carbocycles. The molecule has 35 heavy (non-hydrogen) atoms. The normalized spacial score (nSPS) is 20.5. The predicted octanol–water partition coefficient (Wildman–Crippen LogP) is 2.73. The number of nitrogens with zero attached hydrogens (tertiary/aromatic N) is 5. The van der Waals surface area contributed by atoms with Crippen LogP contribution in [0.4, 0.5) is 10.3 Å². The molecule has 0 aliphatic carbocycles. The average molecular weight is 527 g/mol. The van der Waals surface area contributed by atoms with Crippen molar-refractivity contribution in [2.45, 2.75) is 51.5 Å². The lowest BCUT2D eigenvalue weighted by Crippen LogP contribution is -2.51. The minimum atomic E-state index is -3.40. The number of fused-ring (bicyclic) bond motifs is 1. The third-order valence-electron chi connectivity index (χ3n) is 6.01. The second-order valence-corrected chi connectivity index (χ2v) is 11.4. The average Bonchev–Trinajstić information content (AvgIpc) is 3.16. The van der Waals surface area contributed by atoms with Crippen molar-refractivity contribution < 1.29 is 23.0 Å². The number of anilines is 1. The summed E-state index contributed by atoms with van der Waals surface area (Å²) >= 11 is 6.37. The first-order chi connectivity index (χ1) is 16.4. The van der Waals surface area contributed by atoms with E-state index in [2.05, 4.69) is 20.3 Å². The lowest BCUT2D eigenvalue weighted by molar-refractivity contribution is 0.0950. The van der Waals surface area contributed by atoms with E-state index in [-0.39, 0.29) is 41.3 Å². The topological polar surface area (TPSA) is 133 Å². The highest BCUT2D eigenvalue weighted by atomic mass is 35.5. The number of nitrogens with one attached hydrogen (secondary N) is 1. The maximum Gasteiger partial charge on any atom is 0.223 e. The maximum atomic E-state index is 15.1. The number of sulfonamides is 1. The van der Waals surface area contributed by atoms with Crippen LogP contribution in [0.3, 0.4) is 0 Å². The smallest absolute Gasteiger partial charge is 0.223 e. The van der Waals surface area contributed by atoms with E-state index >= 15 is 4.39 Å². The molecule has 3 aromatic rings. The van der Waals surface area contributed by atoms with Gasteiger partial charge in [0.25, 0.3) is 0 Å². The first kappa shape index (κ1) is 25.7. The summed E-state index contributed by atoms with van der Waals surface area (Å²) < 4.78 is 41.6. The summed E-state index contributed by atoms with van der Waals surface area (Å²) in [5.74, 6) is -0.0491. The van der Waals surface area contributed by atoms with E-state index in [9.17, 15) is 18.6 Å². The van der Waals surface area contributed by atoms with E-state index in [4.69, 9.17) is 11.6 Å². The third kappa shape index (κ3) is 5.12. The predicted molar refractivity (Wildman–Crippen MR) is 131 cm³/mol. The summed E-state index contributed by atoms with van der Waals surface area (Å²) in [6.45, 7) is 5.62. The molecule has 0 bridgehead atoms. The van der Waals surface area contributed by atoms with Gasteiger partial charge in [0, 0.05) is 24.7 Å². The first-order valence-corrected chi connectivity index (χ1v) is 13.4. The Labute approximate surface area is 207 Å². The molecule has 1 unspecified atom stereocenters. The fourth-order valence-corrected chi connectivity index (χ4v) is 5.38. The van der Waals surface area contributed by atoms with Gasteiger partial charge in [-0.15, -0.1) is 0 Å². The van der Waals surface area contributed by atoms with Crippen LogP contribution in [0, 0.1) is 5.82 Å². The Morgan fingerprint density at radius 1 is 1.26 bits per heavy atom. The molecule has 3 N–H and O–H groups in total. The molecule has 1 fully saturated rings. The van der Waals surface area contributed by atoms with Gasteiger partial charge in [-0.3, -0.25) is 0 Å². The molecule has 10 nitrogen and oxygen atoms in total. The van der Waals surface area contributed by atoms with Crippen molar-refractivity contribution >= 4 is 38.6 Å². The minimum Gasteiger partial charge on any atom is -0.390 e. The first-order valence-electron chi connectivity index (χ1n) is 11.2. The highest BCUT2D eigenvalue weighted by Gasteiger charge is 2.32. The van der Waals surface area contributed by atoms with Crippen molar-refractivity contribution in [3.63, 3.8) is 0 Å². The lowest BCUT2D eigenvalue weighted by Gasteiger charge is -2.34. The molecule has 0 radical (unpaired) electrons. The van der Waals surface area contributed by atoms with Crippen molar-refractivity contribution in [1.82, 2.24) is 23.8 Å². The van der Waals surface area contributed by atoms with Gasteiger partial charge in [0.1, 0.15) is 17.4 Å². The Morgan fingerprint density at radius 3 is 2.57 bits per heavy atom. The number of hydrogen-bond acceptors (Lipinski definition) is 8. The Kier molecular flexibility index (Phi) is 7.04. The second-order valence-electron chi connectivity index (χ2n) is 9.05. The molecular weight excluding hydrogens is 499 g/mol. The Bertz CT molecular complexity index is 1360. The standard InChI is InChI=1S/C22H28ClFN6O4S/c1-11(2)30-17-8-13(7-15(24)20(17)27-21(30)12(3)31)19-14(23)9-25-22(28-19)26-16-5-6-29(10-18(16)32)35(4,33)34/h7-9,11-12,16,18,31-32H,5-6,10H2,1-4H3,(H,25,26,28)/t12?,16-,18+/m1/s1. The van der Waals surface area contributed by atoms with E-state index in [1.165, 1.54) is 16.6 Å². The second kappa shape index (κ2) is 9.58. The Hall–Kier alpha value is -2.38. The number of rotatable bonds is 6. The summed E-state index contributed by atoms with van der Waals surface area (Å²) in [5, 5.41) is 23.8. The number of aromatic nitrogens is 4. The molecular formula is C22H28ClFN6O4S. The highest BCUT2D eigenvalue weighted by molar-refractivity contribution is 7.88. The van der Waals surface area contributed by atoms with Crippen molar-refractivity contribution in [1.29, 1.82) is 0 Å². The zero-order valence-corrected chi connectivity index (χ0v) is 21.3. The maximum absolute atomic E-state index is 15.1.